The monoisotopic (exact) mass is 363 g/mol. The van der Waals surface area contributed by atoms with Crippen LogP contribution in [0.25, 0.3) is 0 Å². The van der Waals surface area contributed by atoms with Crippen LogP contribution < -0.4 is 0 Å². The molecule has 0 radical (unpaired) electrons. The number of likely N-dealkylation sites (tertiary alicyclic amines) is 1. The first-order valence-corrected chi connectivity index (χ1v) is 10.8. The molecule has 1 fully saturated rings. The quantitative estimate of drug-likeness (QED) is 0.586. The van der Waals surface area contributed by atoms with Crippen LogP contribution in [-0.2, 0) is 18.3 Å². The van der Waals surface area contributed by atoms with Crippen molar-refractivity contribution >= 4 is 13.7 Å². The van der Waals surface area contributed by atoms with Gasteiger partial charge in [0.25, 0.3) is 0 Å². The van der Waals surface area contributed by atoms with Crippen LogP contribution in [0.2, 0.25) is 0 Å². The molecule has 0 aromatic rings. The Hall–Kier alpha value is -0.580. The van der Waals surface area contributed by atoms with Crippen LogP contribution in [0.3, 0.4) is 0 Å². The van der Waals surface area contributed by atoms with Crippen LogP contribution in [0, 0.1) is 5.92 Å². The molecular weight excluding hydrogens is 329 g/mol. The molecule has 24 heavy (non-hydrogen) atoms. The summed E-state index contributed by atoms with van der Waals surface area (Å²) in [4.78, 5) is 13.8. The average Bonchev–Trinajstić information content (AvgIpc) is 2.46. The van der Waals surface area contributed by atoms with E-state index in [9.17, 15) is 9.36 Å². The lowest BCUT2D eigenvalue weighted by atomic mass is 9.93. The number of amides is 1. The Balaban J connectivity index is 2.31. The third-order valence-corrected chi connectivity index (χ3v) is 6.13. The van der Waals surface area contributed by atoms with E-state index in [0.717, 1.165) is 38.8 Å². The maximum absolute atomic E-state index is 12.4. The van der Waals surface area contributed by atoms with Crippen LogP contribution in [0.1, 0.15) is 60.3 Å². The van der Waals surface area contributed by atoms with Crippen molar-refractivity contribution in [1.82, 2.24) is 4.90 Å². The minimum absolute atomic E-state index is 0.224. The molecule has 0 bridgehead atoms. The van der Waals surface area contributed by atoms with Crippen molar-refractivity contribution in [2.45, 2.75) is 65.9 Å². The third-order valence-electron chi connectivity index (χ3n) is 3.96. The standard InChI is InChI=1S/C17H34NO5P/c1-6-21-24(20,22-7-2)14-8-9-15-10-12-18(13-11-15)16(19)23-17(3,4)5/h15H,6-14H2,1-5H3. The molecule has 1 heterocycles. The largest absolute Gasteiger partial charge is 0.444 e. The number of hydrogen-bond acceptors (Lipinski definition) is 5. The van der Waals surface area contributed by atoms with Crippen molar-refractivity contribution < 1.29 is 23.1 Å². The van der Waals surface area contributed by atoms with E-state index in [-0.39, 0.29) is 6.09 Å². The van der Waals surface area contributed by atoms with Gasteiger partial charge < -0.3 is 18.7 Å². The van der Waals surface area contributed by atoms with E-state index >= 15 is 0 Å². The molecule has 6 nitrogen and oxygen atoms in total. The fourth-order valence-corrected chi connectivity index (χ4v) is 4.55. The van der Waals surface area contributed by atoms with Gasteiger partial charge in [0.05, 0.1) is 19.4 Å². The fraction of sp³-hybridized carbons (Fsp3) is 0.941. The molecule has 1 saturated heterocycles. The van der Waals surface area contributed by atoms with E-state index in [0.29, 0.717) is 25.3 Å². The third kappa shape index (κ3) is 8.00. The van der Waals surface area contributed by atoms with Crippen LogP contribution in [-0.4, -0.2) is 49.1 Å². The molecule has 0 unspecified atom stereocenters. The maximum atomic E-state index is 12.4. The molecule has 0 aliphatic carbocycles. The van der Waals surface area contributed by atoms with Crippen LogP contribution >= 0.6 is 7.60 Å². The molecule has 0 spiro atoms. The number of hydrogen-bond donors (Lipinski definition) is 0. The van der Waals surface area contributed by atoms with Gasteiger partial charge in [-0.05, 0) is 66.2 Å². The summed E-state index contributed by atoms with van der Waals surface area (Å²) in [5.74, 6) is 0.556. The van der Waals surface area contributed by atoms with Crippen molar-refractivity contribution in [3.63, 3.8) is 0 Å². The molecule has 0 atom stereocenters. The second-order valence-corrected chi connectivity index (χ2v) is 9.41. The molecule has 0 aromatic heterocycles. The summed E-state index contributed by atoms with van der Waals surface area (Å²) < 4.78 is 28.5. The summed E-state index contributed by atoms with van der Waals surface area (Å²) in [5, 5.41) is 0. The van der Waals surface area contributed by atoms with E-state index in [1.165, 1.54) is 0 Å². The number of nitrogens with zero attached hydrogens (tertiary/aromatic N) is 1. The van der Waals surface area contributed by atoms with E-state index in [1.807, 2.05) is 34.6 Å². The van der Waals surface area contributed by atoms with Crippen molar-refractivity contribution in [3.8, 4) is 0 Å². The van der Waals surface area contributed by atoms with Gasteiger partial charge >= 0.3 is 13.7 Å². The highest BCUT2D eigenvalue weighted by atomic mass is 31.2. The van der Waals surface area contributed by atoms with Crippen LogP contribution in [0.4, 0.5) is 4.79 Å². The second kappa shape index (κ2) is 9.79. The van der Waals surface area contributed by atoms with Gasteiger partial charge in [0.15, 0.2) is 0 Å². The van der Waals surface area contributed by atoms with E-state index in [1.54, 1.807) is 4.90 Å². The first-order chi connectivity index (χ1) is 11.2. The Morgan fingerprint density at radius 2 is 1.67 bits per heavy atom. The van der Waals surface area contributed by atoms with Gasteiger partial charge in [0, 0.05) is 13.1 Å². The van der Waals surface area contributed by atoms with Crippen LogP contribution in [0.5, 0.6) is 0 Å². The zero-order valence-corrected chi connectivity index (χ0v) is 16.8. The minimum atomic E-state index is -2.92. The highest BCUT2D eigenvalue weighted by molar-refractivity contribution is 7.53. The Kier molecular flexibility index (Phi) is 8.75. The molecule has 142 valence electrons. The highest BCUT2D eigenvalue weighted by Crippen LogP contribution is 2.49. The maximum Gasteiger partial charge on any atom is 0.410 e. The summed E-state index contributed by atoms with van der Waals surface area (Å²) in [6, 6.07) is 0. The first kappa shape index (κ1) is 21.5. The lowest BCUT2D eigenvalue weighted by Gasteiger charge is -2.33. The number of carbonyl (C=O) groups excluding carboxylic acids is 1. The fourth-order valence-electron chi connectivity index (χ4n) is 2.86. The van der Waals surface area contributed by atoms with E-state index in [4.69, 9.17) is 13.8 Å². The van der Waals surface area contributed by atoms with E-state index < -0.39 is 13.2 Å². The van der Waals surface area contributed by atoms with Gasteiger partial charge in [0.1, 0.15) is 5.60 Å². The molecule has 7 heteroatoms. The summed E-state index contributed by atoms with van der Waals surface area (Å²) in [6.45, 7) is 11.6. The average molecular weight is 363 g/mol. The second-order valence-electron chi connectivity index (χ2n) is 7.22. The normalized spacial score (nSPS) is 17.1. The van der Waals surface area contributed by atoms with Gasteiger partial charge in [-0.3, -0.25) is 4.57 Å². The summed E-state index contributed by atoms with van der Waals surface area (Å²) in [7, 11) is -2.92. The molecule has 0 N–H and O–H groups in total. The van der Waals surface area contributed by atoms with Crippen molar-refractivity contribution in [2.75, 3.05) is 32.5 Å². The molecular formula is C17H34NO5P. The lowest BCUT2D eigenvalue weighted by Crippen LogP contribution is -2.41. The Morgan fingerprint density at radius 1 is 1.12 bits per heavy atom. The zero-order chi connectivity index (χ0) is 18.2. The smallest absolute Gasteiger partial charge is 0.410 e. The summed E-state index contributed by atoms with van der Waals surface area (Å²) >= 11 is 0. The minimum Gasteiger partial charge on any atom is -0.444 e. The molecule has 1 aliphatic rings. The number of carbonyl (C=O) groups is 1. The zero-order valence-electron chi connectivity index (χ0n) is 15.9. The Morgan fingerprint density at radius 3 is 2.12 bits per heavy atom. The van der Waals surface area contributed by atoms with E-state index in [2.05, 4.69) is 0 Å². The summed E-state index contributed by atoms with van der Waals surface area (Å²) in [5.41, 5.74) is -0.451. The highest BCUT2D eigenvalue weighted by Gasteiger charge is 2.28. The van der Waals surface area contributed by atoms with Crippen molar-refractivity contribution in [1.29, 1.82) is 0 Å². The van der Waals surface area contributed by atoms with Gasteiger partial charge in [-0.2, -0.15) is 0 Å². The predicted molar refractivity (Wildman–Crippen MR) is 95.5 cm³/mol. The number of piperidine rings is 1. The molecule has 1 rings (SSSR count). The van der Waals surface area contributed by atoms with Crippen molar-refractivity contribution in [3.05, 3.63) is 0 Å². The van der Waals surface area contributed by atoms with Gasteiger partial charge in [-0.15, -0.1) is 0 Å². The Labute approximate surface area is 146 Å². The van der Waals surface area contributed by atoms with Gasteiger partial charge in [0.2, 0.25) is 0 Å². The topological polar surface area (TPSA) is 65.1 Å². The van der Waals surface area contributed by atoms with Crippen molar-refractivity contribution in [2.24, 2.45) is 5.92 Å². The first-order valence-electron chi connectivity index (χ1n) is 9.05. The van der Waals surface area contributed by atoms with Crippen LogP contribution in [0.15, 0.2) is 0 Å². The lowest BCUT2D eigenvalue weighted by molar-refractivity contribution is 0.0181. The number of ether oxygens (including phenoxy) is 1. The van der Waals surface area contributed by atoms with Gasteiger partial charge in [-0.25, -0.2) is 4.79 Å². The summed E-state index contributed by atoms with van der Waals surface area (Å²) in [6.07, 6.45) is 4.00. The molecule has 1 amide bonds. The Bertz CT molecular complexity index is 417. The predicted octanol–water partition coefficient (Wildman–Crippen LogP) is 4.68. The molecule has 1 aliphatic heterocycles. The van der Waals surface area contributed by atoms with Gasteiger partial charge in [-0.1, -0.05) is 0 Å². The molecule has 0 aromatic carbocycles. The SMILES string of the molecule is CCOP(=O)(CCCC1CCN(C(=O)OC(C)(C)C)CC1)OCC. The molecule has 0 saturated carbocycles. The number of rotatable bonds is 8.